The van der Waals surface area contributed by atoms with E-state index in [0.717, 1.165) is 5.69 Å². The zero-order valence-electron chi connectivity index (χ0n) is 8.80. The molecule has 1 aliphatic rings. The van der Waals surface area contributed by atoms with Crippen LogP contribution in [-0.4, -0.2) is 19.6 Å². The van der Waals surface area contributed by atoms with Gasteiger partial charge < -0.3 is 15.0 Å². The first-order valence-corrected chi connectivity index (χ1v) is 4.76. The zero-order valence-corrected chi connectivity index (χ0v) is 8.80. The van der Waals surface area contributed by atoms with Gasteiger partial charge in [-0.15, -0.1) is 13.2 Å². The van der Waals surface area contributed by atoms with Crippen LogP contribution >= 0.6 is 0 Å². The molecule has 1 N–H and O–H groups in total. The Kier molecular flexibility index (Phi) is 2.36. The van der Waals surface area contributed by atoms with Crippen molar-refractivity contribution in [1.82, 2.24) is 0 Å². The highest BCUT2D eigenvalue weighted by Gasteiger charge is 2.32. The van der Waals surface area contributed by atoms with Crippen LogP contribution in [-0.2, 0) is 0 Å². The Labute approximate surface area is 90.8 Å². The van der Waals surface area contributed by atoms with Crippen molar-refractivity contribution in [2.45, 2.75) is 19.5 Å². The maximum absolute atomic E-state index is 12.0. The number of anilines is 2. The molecule has 0 aromatic heterocycles. The van der Waals surface area contributed by atoms with E-state index >= 15 is 0 Å². The number of rotatable bonds is 1. The molecule has 0 fully saturated rings. The van der Waals surface area contributed by atoms with E-state index in [-0.39, 0.29) is 11.9 Å². The fourth-order valence-electron chi connectivity index (χ4n) is 1.67. The minimum Gasteiger partial charge on any atom is -0.406 e. The van der Waals surface area contributed by atoms with Gasteiger partial charge in [-0.05, 0) is 19.1 Å². The van der Waals surface area contributed by atoms with Crippen LogP contribution in [0.5, 0.6) is 5.75 Å². The standard InChI is InChI=1S/C10H11F3N2O/c1-6-14-8-5-7(16-10(11,12)13)3-4-9(8)15(6)2/h3-6,14H,1-2H3. The van der Waals surface area contributed by atoms with Crippen LogP contribution in [0.4, 0.5) is 24.5 Å². The van der Waals surface area contributed by atoms with Crippen molar-refractivity contribution in [2.75, 3.05) is 17.3 Å². The molecule has 1 heterocycles. The number of nitrogens with one attached hydrogen (secondary N) is 1. The van der Waals surface area contributed by atoms with E-state index in [4.69, 9.17) is 0 Å². The Morgan fingerprint density at radius 1 is 1.38 bits per heavy atom. The van der Waals surface area contributed by atoms with E-state index in [1.54, 1.807) is 6.07 Å². The van der Waals surface area contributed by atoms with Crippen LogP contribution in [0.25, 0.3) is 0 Å². The first-order valence-electron chi connectivity index (χ1n) is 4.76. The molecule has 0 saturated carbocycles. The van der Waals surface area contributed by atoms with Crippen LogP contribution in [0, 0.1) is 0 Å². The Bertz CT molecular complexity index is 406. The van der Waals surface area contributed by atoms with Gasteiger partial charge in [-0.1, -0.05) is 0 Å². The van der Waals surface area contributed by atoms with Crippen molar-refractivity contribution in [3.63, 3.8) is 0 Å². The highest BCUT2D eigenvalue weighted by atomic mass is 19.4. The van der Waals surface area contributed by atoms with Gasteiger partial charge in [0.15, 0.2) is 0 Å². The lowest BCUT2D eigenvalue weighted by atomic mass is 10.2. The Morgan fingerprint density at radius 3 is 2.69 bits per heavy atom. The van der Waals surface area contributed by atoms with Crippen molar-refractivity contribution in [1.29, 1.82) is 0 Å². The summed E-state index contributed by atoms with van der Waals surface area (Å²) in [5, 5.41) is 3.05. The molecule has 16 heavy (non-hydrogen) atoms. The summed E-state index contributed by atoms with van der Waals surface area (Å²) in [5.74, 6) is -0.207. The molecule has 0 radical (unpaired) electrons. The highest BCUT2D eigenvalue weighted by Crippen LogP contribution is 2.37. The van der Waals surface area contributed by atoms with Crippen LogP contribution in [0.15, 0.2) is 18.2 Å². The van der Waals surface area contributed by atoms with Crippen molar-refractivity contribution in [3.05, 3.63) is 18.2 Å². The second kappa shape index (κ2) is 3.47. The SMILES string of the molecule is CC1Nc2cc(OC(F)(F)F)ccc2N1C. The van der Waals surface area contributed by atoms with Gasteiger partial charge in [0.2, 0.25) is 0 Å². The molecule has 2 rings (SSSR count). The molecule has 0 amide bonds. The van der Waals surface area contributed by atoms with Crippen molar-refractivity contribution in [2.24, 2.45) is 0 Å². The summed E-state index contributed by atoms with van der Waals surface area (Å²) >= 11 is 0. The minimum absolute atomic E-state index is 0.0659. The molecule has 0 saturated heterocycles. The zero-order chi connectivity index (χ0) is 11.9. The number of hydrogen-bond acceptors (Lipinski definition) is 3. The van der Waals surface area contributed by atoms with E-state index in [0.29, 0.717) is 5.69 Å². The number of fused-ring (bicyclic) bond motifs is 1. The number of halogens is 3. The molecule has 6 heteroatoms. The average molecular weight is 232 g/mol. The Hall–Kier alpha value is -1.59. The topological polar surface area (TPSA) is 24.5 Å². The summed E-state index contributed by atoms with van der Waals surface area (Å²) in [7, 11) is 1.87. The predicted octanol–water partition coefficient (Wildman–Crippen LogP) is 2.79. The number of hydrogen-bond donors (Lipinski definition) is 1. The van der Waals surface area contributed by atoms with E-state index in [1.807, 2.05) is 18.9 Å². The van der Waals surface area contributed by atoms with Gasteiger partial charge in [0.05, 0.1) is 17.5 Å². The minimum atomic E-state index is -4.65. The van der Waals surface area contributed by atoms with Gasteiger partial charge in [-0.2, -0.15) is 0 Å². The number of nitrogens with zero attached hydrogens (tertiary/aromatic N) is 1. The molecule has 3 nitrogen and oxygen atoms in total. The maximum atomic E-state index is 12.0. The Balaban J connectivity index is 2.25. The maximum Gasteiger partial charge on any atom is 0.573 e. The molecule has 1 aliphatic heterocycles. The van der Waals surface area contributed by atoms with Crippen molar-refractivity contribution in [3.8, 4) is 5.75 Å². The monoisotopic (exact) mass is 232 g/mol. The molecule has 1 aromatic rings. The van der Waals surface area contributed by atoms with Crippen LogP contribution in [0.1, 0.15) is 6.92 Å². The molecular formula is C10H11F3N2O. The van der Waals surface area contributed by atoms with Gasteiger partial charge in [0.25, 0.3) is 0 Å². The van der Waals surface area contributed by atoms with E-state index in [2.05, 4.69) is 10.1 Å². The normalized spacial score (nSPS) is 19.3. The van der Waals surface area contributed by atoms with Gasteiger partial charge in [0, 0.05) is 13.1 Å². The van der Waals surface area contributed by atoms with E-state index in [1.165, 1.54) is 12.1 Å². The van der Waals surface area contributed by atoms with Crippen LogP contribution in [0.3, 0.4) is 0 Å². The molecule has 0 aliphatic carbocycles. The summed E-state index contributed by atoms with van der Waals surface area (Å²) in [6.07, 6.45) is -4.58. The second-order valence-corrected chi connectivity index (χ2v) is 3.66. The number of ether oxygens (including phenoxy) is 1. The van der Waals surface area contributed by atoms with Gasteiger partial charge in [0.1, 0.15) is 5.75 Å². The molecular weight excluding hydrogens is 221 g/mol. The third kappa shape index (κ3) is 2.00. The first kappa shape index (κ1) is 10.9. The van der Waals surface area contributed by atoms with Gasteiger partial charge in [-0.3, -0.25) is 0 Å². The molecule has 0 bridgehead atoms. The molecule has 88 valence electrons. The number of benzene rings is 1. The summed E-state index contributed by atoms with van der Waals surface area (Å²) in [4.78, 5) is 1.94. The van der Waals surface area contributed by atoms with Crippen molar-refractivity contribution < 1.29 is 17.9 Å². The van der Waals surface area contributed by atoms with Gasteiger partial charge in [-0.25, -0.2) is 0 Å². The molecule has 0 spiro atoms. The van der Waals surface area contributed by atoms with E-state index in [9.17, 15) is 13.2 Å². The van der Waals surface area contributed by atoms with Crippen LogP contribution < -0.4 is 15.0 Å². The van der Waals surface area contributed by atoms with Crippen LogP contribution in [0.2, 0.25) is 0 Å². The predicted molar refractivity (Wildman–Crippen MR) is 54.6 cm³/mol. The average Bonchev–Trinajstić information content (AvgIpc) is 2.40. The molecule has 1 atom stereocenters. The third-order valence-corrected chi connectivity index (χ3v) is 2.53. The fraction of sp³-hybridized carbons (Fsp3) is 0.400. The summed E-state index contributed by atoms with van der Waals surface area (Å²) in [5.41, 5.74) is 1.51. The third-order valence-electron chi connectivity index (χ3n) is 2.53. The lowest BCUT2D eigenvalue weighted by molar-refractivity contribution is -0.274. The molecule has 1 unspecified atom stereocenters. The van der Waals surface area contributed by atoms with Crippen molar-refractivity contribution >= 4 is 11.4 Å². The highest BCUT2D eigenvalue weighted by molar-refractivity contribution is 5.77. The lowest BCUT2D eigenvalue weighted by Crippen LogP contribution is -2.28. The quantitative estimate of drug-likeness (QED) is 0.805. The largest absolute Gasteiger partial charge is 0.573 e. The summed E-state index contributed by atoms with van der Waals surface area (Å²) < 4.78 is 39.8. The van der Waals surface area contributed by atoms with Gasteiger partial charge >= 0.3 is 6.36 Å². The smallest absolute Gasteiger partial charge is 0.406 e. The Morgan fingerprint density at radius 2 is 2.06 bits per heavy atom. The second-order valence-electron chi connectivity index (χ2n) is 3.66. The fourth-order valence-corrected chi connectivity index (χ4v) is 1.67. The molecule has 1 aromatic carbocycles. The number of alkyl halides is 3. The van der Waals surface area contributed by atoms with E-state index < -0.39 is 6.36 Å². The first-order chi connectivity index (χ1) is 7.37. The summed E-state index contributed by atoms with van der Waals surface area (Å²) in [6.45, 7) is 1.92. The lowest BCUT2D eigenvalue weighted by Gasteiger charge is -2.17. The summed E-state index contributed by atoms with van der Waals surface area (Å²) in [6, 6.07) is 4.26.